The van der Waals surface area contributed by atoms with Crippen LogP contribution in [0.1, 0.15) is 20.7 Å². The van der Waals surface area contributed by atoms with E-state index in [0.29, 0.717) is 5.69 Å². The van der Waals surface area contributed by atoms with Gasteiger partial charge >= 0.3 is 29.6 Å². The number of rotatable bonds is 4. The third-order valence-corrected chi connectivity index (χ3v) is 2.72. The van der Waals surface area contributed by atoms with E-state index < -0.39 is 16.8 Å². The zero-order valence-electron chi connectivity index (χ0n) is 11.6. The summed E-state index contributed by atoms with van der Waals surface area (Å²) in [5.74, 6) is -1.76. The van der Waals surface area contributed by atoms with E-state index in [0.717, 1.165) is 0 Å². The van der Waals surface area contributed by atoms with Crippen LogP contribution < -0.4 is 40.0 Å². The van der Waals surface area contributed by atoms with Crippen LogP contribution in [0.15, 0.2) is 48.5 Å². The molecular weight excluding hydrogens is 299 g/mol. The second-order valence-corrected chi connectivity index (χ2v) is 4.12. The second-order valence-electron chi connectivity index (χ2n) is 4.12. The van der Waals surface area contributed by atoms with E-state index in [1.165, 1.54) is 48.5 Å². The molecule has 0 aromatic heterocycles. The van der Waals surface area contributed by atoms with E-state index >= 15 is 0 Å². The Balaban J connectivity index is 0.00000242. The molecule has 0 heterocycles. The molecule has 1 amide bonds. The fraction of sp³-hybridized carbons (Fsp3) is 0. The maximum absolute atomic E-state index is 11.9. The molecule has 2 rings (SSSR count). The molecule has 106 valence electrons. The molecule has 22 heavy (non-hydrogen) atoms. The number of nitro benzene ring substituents is 1. The zero-order chi connectivity index (χ0) is 15.4. The molecule has 0 spiro atoms. The third kappa shape index (κ3) is 4.39. The zero-order valence-corrected chi connectivity index (χ0v) is 13.6. The number of non-ortho nitro benzene ring substituents is 1. The Kier molecular flexibility index (Phi) is 6.24. The summed E-state index contributed by atoms with van der Waals surface area (Å²) < 4.78 is 0. The number of carboxylic acid groups (broad SMARTS) is 1. The topological polar surface area (TPSA) is 112 Å². The van der Waals surface area contributed by atoms with E-state index in [9.17, 15) is 24.8 Å². The summed E-state index contributed by atoms with van der Waals surface area (Å²) in [6, 6.07) is 10.6. The van der Waals surface area contributed by atoms with E-state index in [4.69, 9.17) is 0 Å². The fourth-order valence-electron chi connectivity index (χ4n) is 1.63. The van der Waals surface area contributed by atoms with Gasteiger partial charge < -0.3 is 15.2 Å². The van der Waals surface area contributed by atoms with Crippen molar-refractivity contribution in [3.05, 3.63) is 69.8 Å². The third-order valence-electron chi connectivity index (χ3n) is 2.72. The number of amides is 1. The van der Waals surface area contributed by atoms with Crippen LogP contribution in [0, 0.1) is 10.1 Å². The predicted molar refractivity (Wildman–Crippen MR) is 71.8 cm³/mol. The molecule has 8 heteroatoms. The largest absolute Gasteiger partial charge is 1.00 e. The Morgan fingerprint density at radius 2 is 1.41 bits per heavy atom. The molecule has 0 fully saturated rings. The molecular formula is C14H9N2NaO5. The van der Waals surface area contributed by atoms with Crippen LogP contribution in [0.25, 0.3) is 0 Å². The number of aromatic carboxylic acids is 1. The Morgan fingerprint density at radius 3 is 1.86 bits per heavy atom. The Morgan fingerprint density at radius 1 is 0.909 bits per heavy atom. The van der Waals surface area contributed by atoms with Gasteiger partial charge in [0.05, 0.1) is 10.9 Å². The van der Waals surface area contributed by atoms with Crippen molar-refractivity contribution in [1.82, 2.24) is 0 Å². The SMILES string of the molecule is O=C([O-])c1ccc(NC(=O)c2ccc([N+](=O)[O-])cc2)cc1.[Na+]. The van der Waals surface area contributed by atoms with Crippen molar-refractivity contribution in [2.45, 2.75) is 0 Å². The van der Waals surface area contributed by atoms with Gasteiger partial charge in [-0.3, -0.25) is 14.9 Å². The Bertz CT molecular complexity index is 698. The number of nitrogens with one attached hydrogen (secondary N) is 1. The molecule has 0 aliphatic carbocycles. The summed E-state index contributed by atoms with van der Waals surface area (Å²) in [7, 11) is 0. The smallest absolute Gasteiger partial charge is 0.545 e. The van der Waals surface area contributed by atoms with Crippen LogP contribution in [0.2, 0.25) is 0 Å². The first-order chi connectivity index (χ1) is 9.97. The maximum Gasteiger partial charge on any atom is 1.00 e. The molecule has 0 atom stereocenters. The number of nitrogens with zero attached hydrogens (tertiary/aromatic N) is 1. The Hall–Kier alpha value is -2.22. The molecule has 2 aromatic rings. The average molecular weight is 308 g/mol. The minimum Gasteiger partial charge on any atom is -0.545 e. The van der Waals surface area contributed by atoms with Crippen molar-refractivity contribution in [3.63, 3.8) is 0 Å². The monoisotopic (exact) mass is 308 g/mol. The van der Waals surface area contributed by atoms with Crippen molar-refractivity contribution in [1.29, 1.82) is 0 Å². The van der Waals surface area contributed by atoms with Crippen LogP contribution in [0.3, 0.4) is 0 Å². The Labute approximate surface area is 147 Å². The van der Waals surface area contributed by atoms with Gasteiger partial charge in [-0.05, 0) is 29.8 Å². The molecule has 0 aliphatic rings. The van der Waals surface area contributed by atoms with Crippen LogP contribution in [0.4, 0.5) is 11.4 Å². The first-order valence-electron chi connectivity index (χ1n) is 5.84. The van der Waals surface area contributed by atoms with E-state index in [1.807, 2.05) is 0 Å². The molecule has 0 aliphatic heterocycles. The molecule has 0 saturated heterocycles. The minimum atomic E-state index is -1.30. The van der Waals surface area contributed by atoms with Gasteiger partial charge in [0.15, 0.2) is 0 Å². The van der Waals surface area contributed by atoms with Gasteiger partial charge in [-0.25, -0.2) is 0 Å². The summed E-state index contributed by atoms with van der Waals surface area (Å²) in [5, 5.41) is 23.7. The minimum absolute atomic E-state index is 0. The summed E-state index contributed by atoms with van der Waals surface area (Å²) in [6.45, 7) is 0. The first kappa shape index (κ1) is 17.8. The summed E-state index contributed by atoms with van der Waals surface area (Å²) in [6.07, 6.45) is 0. The van der Waals surface area contributed by atoms with Crippen molar-refractivity contribution in [2.24, 2.45) is 0 Å². The predicted octanol–water partition coefficient (Wildman–Crippen LogP) is -1.79. The van der Waals surface area contributed by atoms with Gasteiger partial charge in [0.2, 0.25) is 0 Å². The molecule has 0 unspecified atom stereocenters. The van der Waals surface area contributed by atoms with Gasteiger partial charge in [0.25, 0.3) is 11.6 Å². The summed E-state index contributed by atoms with van der Waals surface area (Å²) in [4.78, 5) is 32.5. The first-order valence-corrected chi connectivity index (χ1v) is 5.84. The number of nitro groups is 1. The van der Waals surface area contributed by atoms with Gasteiger partial charge in [0.1, 0.15) is 0 Å². The molecule has 7 nitrogen and oxygen atoms in total. The standard InChI is InChI=1S/C14H10N2O5.Na/c17-13(9-3-7-12(8-4-9)16(20)21)15-11-5-1-10(2-6-11)14(18)19;/h1-8H,(H,15,17)(H,18,19);/q;+1/p-1. The summed E-state index contributed by atoms with van der Waals surface area (Å²) >= 11 is 0. The second kappa shape index (κ2) is 7.69. The van der Waals surface area contributed by atoms with E-state index in [2.05, 4.69) is 5.32 Å². The van der Waals surface area contributed by atoms with Crippen LogP contribution >= 0.6 is 0 Å². The molecule has 0 saturated carbocycles. The van der Waals surface area contributed by atoms with Gasteiger partial charge in [0, 0.05) is 23.4 Å². The van der Waals surface area contributed by atoms with E-state index in [-0.39, 0.29) is 46.4 Å². The van der Waals surface area contributed by atoms with Gasteiger partial charge in [-0.1, -0.05) is 12.1 Å². The molecule has 0 bridgehead atoms. The van der Waals surface area contributed by atoms with Crippen LogP contribution in [0.5, 0.6) is 0 Å². The van der Waals surface area contributed by atoms with E-state index in [1.54, 1.807) is 0 Å². The van der Waals surface area contributed by atoms with Crippen molar-refractivity contribution >= 4 is 23.3 Å². The fourth-order valence-corrected chi connectivity index (χ4v) is 1.63. The van der Waals surface area contributed by atoms with Crippen molar-refractivity contribution < 1.29 is 49.2 Å². The van der Waals surface area contributed by atoms with Crippen LogP contribution in [-0.4, -0.2) is 16.8 Å². The summed E-state index contributed by atoms with van der Waals surface area (Å²) in [5.41, 5.74) is 0.557. The number of anilines is 1. The number of carbonyl (C=O) groups excluding carboxylic acids is 2. The molecule has 1 N–H and O–H groups in total. The quantitative estimate of drug-likeness (QED) is 0.407. The van der Waals surface area contributed by atoms with Crippen molar-refractivity contribution in [2.75, 3.05) is 5.32 Å². The molecule has 0 radical (unpaired) electrons. The average Bonchev–Trinajstić information content (AvgIpc) is 2.47. The number of carbonyl (C=O) groups is 2. The molecule has 2 aromatic carbocycles. The number of carboxylic acids is 1. The number of hydrogen-bond donors (Lipinski definition) is 1. The maximum atomic E-state index is 11.9. The van der Waals surface area contributed by atoms with Crippen molar-refractivity contribution in [3.8, 4) is 0 Å². The number of benzene rings is 2. The van der Waals surface area contributed by atoms with Gasteiger partial charge in [-0.15, -0.1) is 0 Å². The number of hydrogen-bond acceptors (Lipinski definition) is 5. The van der Waals surface area contributed by atoms with Crippen LogP contribution in [-0.2, 0) is 0 Å². The van der Waals surface area contributed by atoms with Gasteiger partial charge in [-0.2, -0.15) is 0 Å². The normalized spacial score (nSPS) is 9.45.